The van der Waals surface area contributed by atoms with Crippen molar-refractivity contribution in [3.63, 3.8) is 0 Å². The Labute approximate surface area is 108 Å². The summed E-state index contributed by atoms with van der Waals surface area (Å²) in [5.41, 5.74) is 1.12. The van der Waals surface area contributed by atoms with Gasteiger partial charge in [0.2, 0.25) is 0 Å². The lowest BCUT2D eigenvalue weighted by Crippen LogP contribution is -2.21. The van der Waals surface area contributed by atoms with Crippen LogP contribution in [-0.4, -0.2) is 34.2 Å². The second-order valence-electron chi connectivity index (χ2n) is 4.30. The van der Waals surface area contributed by atoms with Crippen LogP contribution in [0, 0.1) is 0 Å². The lowest BCUT2D eigenvalue weighted by Gasteiger charge is -2.12. The lowest BCUT2D eigenvalue weighted by atomic mass is 10.3. The van der Waals surface area contributed by atoms with Crippen molar-refractivity contribution in [1.82, 2.24) is 9.88 Å². The molecule has 0 bridgehead atoms. The highest BCUT2D eigenvalue weighted by molar-refractivity contribution is 7.20. The van der Waals surface area contributed by atoms with E-state index in [0.717, 1.165) is 36.8 Å². The first-order chi connectivity index (χ1) is 8.31. The number of aromatic nitrogens is 1. The smallest absolute Gasteiger partial charge is 0.133 e. The maximum Gasteiger partial charge on any atom is 0.133 e. The SMILES string of the molecule is O[C@H]1CCN(Cc2csc(-c3cccs3)n2)C1. The largest absolute Gasteiger partial charge is 0.392 e. The highest BCUT2D eigenvalue weighted by Crippen LogP contribution is 2.28. The fourth-order valence-electron chi connectivity index (χ4n) is 2.08. The summed E-state index contributed by atoms with van der Waals surface area (Å²) in [7, 11) is 0. The Morgan fingerprint density at radius 2 is 2.41 bits per heavy atom. The van der Waals surface area contributed by atoms with Crippen LogP contribution in [0.25, 0.3) is 9.88 Å². The van der Waals surface area contributed by atoms with Crippen molar-refractivity contribution in [2.45, 2.75) is 19.1 Å². The zero-order valence-electron chi connectivity index (χ0n) is 9.37. The topological polar surface area (TPSA) is 36.4 Å². The lowest BCUT2D eigenvalue weighted by molar-refractivity contribution is 0.174. The standard InChI is InChI=1S/C12H14N2OS2/c15-10-3-4-14(7-10)6-9-8-17-12(13-9)11-2-1-5-16-11/h1-2,5,8,10,15H,3-4,6-7H2/t10-/m0/s1. The third kappa shape index (κ3) is 2.57. The Bertz CT molecular complexity index is 480. The minimum atomic E-state index is -0.148. The Balaban J connectivity index is 1.69. The number of aliphatic hydroxyl groups is 1. The van der Waals surface area contributed by atoms with Gasteiger partial charge in [-0.15, -0.1) is 22.7 Å². The highest BCUT2D eigenvalue weighted by Gasteiger charge is 2.20. The van der Waals surface area contributed by atoms with Gasteiger partial charge in [-0.05, 0) is 17.9 Å². The zero-order chi connectivity index (χ0) is 11.7. The summed E-state index contributed by atoms with van der Waals surface area (Å²) in [6.45, 7) is 2.62. The van der Waals surface area contributed by atoms with Crippen molar-refractivity contribution in [3.8, 4) is 9.88 Å². The number of aliphatic hydroxyl groups excluding tert-OH is 1. The van der Waals surface area contributed by atoms with Crippen molar-refractivity contribution in [1.29, 1.82) is 0 Å². The summed E-state index contributed by atoms with van der Waals surface area (Å²) >= 11 is 3.43. The van der Waals surface area contributed by atoms with Gasteiger partial charge in [0.1, 0.15) is 5.01 Å². The van der Waals surface area contributed by atoms with Crippen LogP contribution >= 0.6 is 22.7 Å². The van der Waals surface area contributed by atoms with Crippen LogP contribution in [0.3, 0.4) is 0 Å². The molecule has 3 nitrogen and oxygen atoms in total. The average Bonchev–Trinajstić information content (AvgIpc) is 3.00. The summed E-state index contributed by atoms with van der Waals surface area (Å²) in [5.74, 6) is 0. The molecule has 17 heavy (non-hydrogen) atoms. The Morgan fingerprint density at radius 3 is 3.12 bits per heavy atom. The molecule has 1 fully saturated rings. The molecule has 1 aliphatic heterocycles. The first-order valence-electron chi connectivity index (χ1n) is 5.70. The van der Waals surface area contributed by atoms with Crippen LogP contribution in [0.4, 0.5) is 0 Å². The van der Waals surface area contributed by atoms with E-state index < -0.39 is 0 Å². The number of nitrogens with zero attached hydrogens (tertiary/aromatic N) is 2. The summed E-state index contributed by atoms with van der Waals surface area (Å²) in [6.07, 6.45) is 0.743. The van der Waals surface area contributed by atoms with Crippen molar-refractivity contribution >= 4 is 22.7 Å². The maximum absolute atomic E-state index is 9.48. The second kappa shape index (κ2) is 4.86. The summed E-state index contributed by atoms with van der Waals surface area (Å²) in [4.78, 5) is 8.15. The normalized spacial score (nSPS) is 21.1. The minimum Gasteiger partial charge on any atom is -0.392 e. The highest BCUT2D eigenvalue weighted by atomic mass is 32.1. The van der Waals surface area contributed by atoms with Crippen LogP contribution < -0.4 is 0 Å². The predicted molar refractivity (Wildman–Crippen MR) is 71.3 cm³/mol. The Morgan fingerprint density at radius 1 is 1.47 bits per heavy atom. The molecular formula is C12H14N2OS2. The fraction of sp³-hybridized carbons (Fsp3) is 0.417. The van der Waals surface area contributed by atoms with Gasteiger partial charge in [-0.1, -0.05) is 6.07 Å². The third-order valence-electron chi connectivity index (χ3n) is 2.92. The molecule has 0 unspecified atom stereocenters. The molecule has 0 radical (unpaired) electrons. The van der Waals surface area contributed by atoms with Gasteiger partial charge in [-0.3, -0.25) is 4.90 Å². The first kappa shape index (κ1) is 11.3. The Kier molecular flexibility index (Phi) is 3.24. The average molecular weight is 266 g/mol. The number of β-amino-alcohol motifs (C(OH)–C–C–N with tert-alkyl or cyclic N) is 1. The van der Waals surface area contributed by atoms with E-state index in [0.29, 0.717) is 0 Å². The van der Waals surface area contributed by atoms with Crippen molar-refractivity contribution in [2.24, 2.45) is 0 Å². The molecule has 5 heteroatoms. The molecular weight excluding hydrogens is 252 g/mol. The number of thiophene rings is 1. The van der Waals surface area contributed by atoms with E-state index in [-0.39, 0.29) is 6.10 Å². The van der Waals surface area contributed by atoms with Gasteiger partial charge >= 0.3 is 0 Å². The molecule has 1 saturated heterocycles. The van der Waals surface area contributed by atoms with E-state index in [2.05, 4.69) is 32.8 Å². The van der Waals surface area contributed by atoms with E-state index in [4.69, 9.17) is 0 Å². The minimum absolute atomic E-state index is 0.148. The van der Waals surface area contributed by atoms with Crippen LogP contribution in [0.5, 0.6) is 0 Å². The van der Waals surface area contributed by atoms with E-state index >= 15 is 0 Å². The van der Waals surface area contributed by atoms with E-state index in [1.54, 1.807) is 22.7 Å². The van der Waals surface area contributed by atoms with E-state index in [1.165, 1.54) is 4.88 Å². The molecule has 0 aromatic carbocycles. The van der Waals surface area contributed by atoms with Crippen molar-refractivity contribution in [2.75, 3.05) is 13.1 Å². The number of hydrogen-bond acceptors (Lipinski definition) is 5. The maximum atomic E-state index is 9.48. The monoisotopic (exact) mass is 266 g/mol. The predicted octanol–water partition coefficient (Wildman–Crippen LogP) is 2.44. The Hall–Kier alpha value is -0.750. The van der Waals surface area contributed by atoms with Gasteiger partial charge in [0, 0.05) is 25.0 Å². The van der Waals surface area contributed by atoms with Crippen LogP contribution in [-0.2, 0) is 6.54 Å². The molecule has 1 N–H and O–H groups in total. The van der Waals surface area contributed by atoms with Gasteiger partial charge in [-0.2, -0.15) is 0 Å². The number of likely N-dealkylation sites (tertiary alicyclic amines) is 1. The fourth-order valence-corrected chi connectivity index (χ4v) is 3.70. The molecule has 1 aliphatic rings. The first-order valence-corrected chi connectivity index (χ1v) is 7.46. The van der Waals surface area contributed by atoms with Gasteiger partial charge in [0.05, 0.1) is 16.7 Å². The molecule has 0 spiro atoms. The molecule has 0 saturated carbocycles. The summed E-state index contributed by atoms with van der Waals surface area (Å²) in [5, 5.41) is 14.8. The number of hydrogen-bond donors (Lipinski definition) is 1. The van der Waals surface area contributed by atoms with Crippen molar-refractivity contribution < 1.29 is 5.11 Å². The van der Waals surface area contributed by atoms with Crippen LogP contribution in [0.1, 0.15) is 12.1 Å². The molecule has 2 aromatic heterocycles. The van der Waals surface area contributed by atoms with Crippen LogP contribution in [0.15, 0.2) is 22.9 Å². The van der Waals surface area contributed by atoms with Crippen molar-refractivity contribution in [3.05, 3.63) is 28.6 Å². The van der Waals surface area contributed by atoms with Gasteiger partial charge in [0.25, 0.3) is 0 Å². The second-order valence-corrected chi connectivity index (χ2v) is 6.10. The molecule has 2 aromatic rings. The molecule has 3 rings (SSSR count). The molecule has 3 heterocycles. The number of rotatable bonds is 3. The van der Waals surface area contributed by atoms with Gasteiger partial charge in [0.15, 0.2) is 0 Å². The quantitative estimate of drug-likeness (QED) is 0.927. The van der Waals surface area contributed by atoms with E-state index in [9.17, 15) is 5.11 Å². The van der Waals surface area contributed by atoms with E-state index in [1.807, 2.05) is 0 Å². The summed E-state index contributed by atoms with van der Waals surface area (Å²) < 4.78 is 0. The van der Waals surface area contributed by atoms with Gasteiger partial charge in [-0.25, -0.2) is 4.98 Å². The molecule has 90 valence electrons. The molecule has 0 aliphatic carbocycles. The zero-order valence-corrected chi connectivity index (χ0v) is 11.0. The molecule has 1 atom stereocenters. The third-order valence-corrected chi connectivity index (χ3v) is 4.85. The molecule has 0 amide bonds. The number of thiazole rings is 1. The van der Waals surface area contributed by atoms with Crippen LogP contribution in [0.2, 0.25) is 0 Å². The summed E-state index contributed by atoms with van der Waals surface area (Å²) in [6, 6.07) is 4.16. The van der Waals surface area contributed by atoms with Gasteiger partial charge < -0.3 is 5.11 Å².